The Balaban J connectivity index is 1.49. The van der Waals surface area contributed by atoms with Crippen molar-refractivity contribution in [2.24, 2.45) is 46.0 Å². The fourth-order valence-electron chi connectivity index (χ4n) is 9.87. The molecule has 4 fully saturated rings. The molecular weight excluding hydrogens is 504 g/mol. The molecule has 0 aliphatic heterocycles. The van der Waals surface area contributed by atoms with E-state index in [1.807, 2.05) is 42.5 Å². The van der Waals surface area contributed by atoms with Gasteiger partial charge in [-0.2, -0.15) is 0 Å². The molecule has 1 unspecified atom stereocenters. The van der Waals surface area contributed by atoms with Crippen molar-refractivity contribution in [2.75, 3.05) is 0 Å². The first-order valence-electron chi connectivity index (χ1n) is 14.8. The zero-order valence-electron chi connectivity index (χ0n) is 23.7. The van der Waals surface area contributed by atoms with E-state index in [0.717, 1.165) is 36.5 Å². The number of carboxylic acids is 1. The molecule has 4 saturated carbocycles. The number of fused-ring (bicyclic) bond motifs is 6. The summed E-state index contributed by atoms with van der Waals surface area (Å²) in [6, 6.07) is 13.1. The SMILES string of the molecule is CC(=O)O[C@H]1C[C@]2(C)C3CC[C@H]4[C@H](N)[C@H](O)CC[C@]4(C)[C@@H]3C[C@H](N)[C@H]2/C1=C(/C(=O)O)c1ccc2ccccc2c1. The Bertz CT molecular complexity index is 1390. The van der Waals surface area contributed by atoms with Gasteiger partial charge in [-0.15, -0.1) is 0 Å². The van der Waals surface area contributed by atoms with Crippen LogP contribution in [0.15, 0.2) is 48.0 Å². The summed E-state index contributed by atoms with van der Waals surface area (Å²) in [5.41, 5.74) is 14.8. The van der Waals surface area contributed by atoms with E-state index in [2.05, 4.69) is 13.8 Å². The highest BCUT2D eigenvalue weighted by Gasteiger charge is 2.65. The molecule has 2 aromatic rings. The molecular formula is C33H42N2O5. The summed E-state index contributed by atoms with van der Waals surface area (Å²) < 4.78 is 5.94. The third-order valence-corrected chi connectivity index (χ3v) is 11.5. The fraction of sp³-hybridized carbons (Fsp3) is 0.576. The van der Waals surface area contributed by atoms with Crippen molar-refractivity contribution >= 4 is 28.3 Å². The molecule has 0 bridgehead atoms. The smallest absolute Gasteiger partial charge is 0.336 e. The first-order chi connectivity index (χ1) is 19.0. The van der Waals surface area contributed by atoms with Gasteiger partial charge in [-0.05, 0) is 95.1 Å². The molecule has 6 N–H and O–H groups in total. The molecule has 0 saturated heterocycles. The first-order valence-corrected chi connectivity index (χ1v) is 14.8. The van der Waals surface area contributed by atoms with Crippen LogP contribution < -0.4 is 11.5 Å². The van der Waals surface area contributed by atoms with Crippen LogP contribution in [0.2, 0.25) is 0 Å². The highest BCUT2D eigenvalue weighted by Crippen LogP contribution is 2.68. The number of carbonyl (C=O) groups excluding carboxylic acids is 1. The lowest BCUT2D eigenvalue weighted by atomic mass is 9.42. The van der Waals surface area contributed by atoms with Gasteiger partial charge in [0, 0.05) is 24.9 Å². The second kappa shape index (κ2) is 9.68. The molecule has 0 amide bonds. The number of ether oxygens (including phenoxy) is 1. The lowest BCUT2D eigenvalue weighted by molar-refractivity contribution is -0.149. The molecule has 0 radical (unpaired) electrons. The van der Waals surface area contributed by atoms with Crippen molar-refractivity contribution < 1.29 is 24.5 Å². The van der Waals surface area contributed by atoms with Crippen LogP contribution in [-0.2, 0) is 14.3 Å². The van der Waals surface area contributed by atoms with Gasteiger partial charge in [-0.3, -0.25) is 4.79 Å². The monoisotopic (exact) mass is 546 g/mol. The topological polar surface area (TPSA) is 136 Å². The minimum Gasteiger partial charge on any atom is -0.478 e. The Hall–Kier alpha value is -2.74. The van der Waals surface area contributed by atoms with E-state index in [0.29, 0.717) is 35.8 Å². The summed E-state index contributed by atoms with van der Waals surface area (Å²) in [7, 11) is 0. The minimum atomic E-state index is -1.02. The standard InChI is InChI=1S/C33H42N2O5/c1-17(36)40-26-16-33(3)21-10-11-22-30(35)25(37)12-13-32(22,2)23(21)15-24(34)29(33)28(26)27(31(38)39)20-9-8-18-6-4-5-7-19(18)14-20/h4-9,14,21-26,29-30,37H,10-13,15-16,34-35H2,1-3H3,(H,38,39)/b28-27+/t21?,22-,23+,24-,25+,26-,29-,30-,32-,33+/m0/s1. The number of hydrogen-bond donors (Lipinski definition) is 4. The molecule has 0 heterocycles. The van der Waals surface area contributed by atoms with Crippen LogP contribution in [0.3, 0.4) is 0 Å². The van der Waals surface area contributed by atoms with Crippen molar-refractivity contribution in [1.82, 2.24) is 0 Å². The van der Waals surface area contributed by atoms with Crippen molar-refractivity contribution in [1.29, 1.82) is 0 Å². The summed E-state index contributed by atoms with van der Waals surface area (Å²) in [5, 5.41) is 23.2. The van der Waals surface area contributed by atoms with E-state index in [1.54, 1.807) is 0 Å². The van der Waals surface area contributed by atoms with Gasteiger partial charge >= 0.3 is 11.9 Å². The third-order valence-electron chi connectivity index (χ3n) is 11.5. The Morgan fingerprint density at radius 2 is 1.65 bits per heavy atom. The molecule has 2 aromatic carbocycles. The normalized spacial score (nSPS) is 42.0. The molecule has 214 valence electrons. The number of aliphatic carboxylic acids is 1. The number of carbonyl (C=O) groups is 2. The zero-order chi connectivity index (χ0) is 28.6. The number of nitrogens with two attached hydrogens (primary N) is 2. The van der Waals surface area contributed by atoms with E-state index in [-0.39, 0.29) is 40.3 Å². The quantitative estimate of drug-likeness (QED) is 0.329. The Morgan fingerprint density at radius 1 is 0.950 bits per heavy atom. The molecule has 0 aromatic heterocycles. The largest absolute Gasteiger partial charge is 0.478 e. The van der Waals surface area contributed by atoms with Crippen LogP contribution in [0.25, 0.3) is 16.3 Å². The Labute approximate surface area is 235 Å². The van der Waals surface area contributed by atoms with E-state index in [1.165, 1.54) is 6.92 Å². The third kappa shape index (κ3) is 4.04. The predicted octanol–water partition coefficient (Wildman–Crippen LogP) is 4.50. The fourth-order valence-corrected chi connectivity index (χ4v) is 9.87. The van der Waals surface area contributed by atoms with Gasteiger partial charge in [0.1, 0.15) is 6.10 Å². The van der Waals surface area contributed by atoms with E-state index >= 15 is 0 Å². The van der Waals surface area contributed by atoms with Crippen LogP contribution >= 0.6 is 0 Å². The summed E-state index contributed by atoms with van der Waals surface area (Å²) >= 11 is 0. The second-order valence-electron chi connectivity index (χ2n) is 13.5. The van der Waals surface area contributed by atoms with Crippen molar-refractivity contribution in [2.45, 2.75) is 83.6 Å². The zero-order valence-corrected chi connectivity index (χ0v) is 23.7. The van der Waals surface area contributed by atoms with Crippen molar-refractivity contribution in [3.8, 4) is 0 Å². The summed E-state index contributed by atoms with van der Waals surface area (Å²) in [6.07, 6.45) is 3.70. The van der Waals surface area contributed by atoms with E-state index in [4.69, 9.17) is 16.2 Å². The predicted molar refractivity (Wildman–Crippen MR) is 154 cm³/mol. The number of aliphatic hydroxyl groups excluding tert-OH is 1. The molecule has 7 nitrogen and oxygen atoms in total. The maximum atomic E-state index is 13.1. The van der Waals surface area contributed by atoms with Crippen LogP contribution in [-0.4, -0.2) is 46.4 Å². The van der Waals surface area contributed by atoms with Gasteiger partial charge in [0.05, 0.1) is 11.7 Å². The molecule has 4 aliphatic rings. The molecule has 0 spiro atoms. The van der Waals surface area contributed by atoms with Gasteiger partial charge in [0.25, 0.3) is 0 Å². The molecule has 6 rings (SSSR count). The average molecular weight is 547 g/mol. The van der Waals surface area contributed by atoms with Gasteiger partial charge in [-0.1, -0.05) is 50.2 Å². The first kappa shape index (κ1) is 27.4. The summed E-state index contributed by atoms with van der Waals surface area (Å²) in [6.45, 7) is 5.98. The van der Waals surface area contributed by atoms with E-state index in [9.17, 15) is 19.8 Å². The van der Waals surface area contributed by atoms with Gasteiger partial charge in [0.15, 0.2) is 0 Å². The van der Waals surface area contributed by atoms with E-state index < -0.39 is 24.1 Å². The lowest BCUT2D eigenvalue weighted by Gasteiger charge is -2.63. The van der Waals surface area contributed by atoms with Crippen LogP contribution in [0.1, 0.15) is 64.9 Å². The second-order valence-corrected chi connectivity index (χ2v) is 13.5. The van der Waals surface area contributed by atoms with Crippen molar-refractivity contribution in [3.63, 3.8) is 0 Å². The number of esters is 1. The number of benzene rings is 2. The van der Waals surface area contributed by atoms with Gasteiger partial charge < -0.3 is 26.4 Å². The van der Waals surface area contributed by atoms with Crippen LogP contribution in [0.5, 0.6) is 0 Å². The minimum absolute atomic E-state index is 0.0372. The highest BCUT2D eigenvalue weighted by atomic mass is 16.5. The van der Waals surface area contributed by atoms with Crippen molar-refractivity contribution in [3.05, 3.63) is 53.6 Å². The van der Waals surface area contributed by atoms with Crippen LogP contribution in [0, 0.1) is 34.5 Å². The number of rotatable bonds is 3. The molecule has 4 aliphatic carbocycles. The number of aliphatic hydroxyl groups is 1. The number of carboxylic acid groups (broad SMARTS) is 1. The average Bonchev–Trinajstić information content (AvgIpc) is 3.19. The summed E-state index contributed by atoms with van der Waals surface area (Å²) in [4.78, 5) is 25.4. The lowest BCUT2D eigenvalue weighted by Crippen LogP contribution is -2.63. The van der Waals surface area contributed by atoms with Gasteiger partial charge in [0.2, 0.25) is 0 Å². The maximum absolute atomic E-state index is 13.1. The Morgan fingerprint density at radius 3 is 2.35 bits per heavy atom. The van der Waals surface area contributed by atoms with Crippen LogP contribution in [0.4, 0.5) is 0 Å². The Kier molecular flexibility index (Phi) is 6.63. The number of hydrogen-bond acceptors (Lipinski definition) is 6. The molecule has 40 heavy (non-hydrogen) atoms. The maximum Gasteiger partial charge on any atom is 0.336 e. The summed E-state index contributed by atoms with van der Waals surface area (Å²) in [5.74, 6) is -0.822. The molecule has 10 atom stereocenters. The molecule has 7 heteroatoms. The highest BCUT2D eigenvalue weighted by molar-refractivity contribution is 6.17. The van der Waals surface area contributed by atoms with Gasteiger partial charge in [-0.25, -0.2) is 4.79 Å².